The molecule has 0 spiro atoms. The first-order valence-corrected chi connectivity index (χ1v) is 10.1. The van der Waals surface area contributed by atoms with Gasteiger partial charge in [0, 0.05) is 27.4 Å². The summed E-state index contributed by atoms with van der Waals surface area (Å²) in [5.41, 5.74) is 10.2. The van der Waals surface area contributed by atoms with Crippen molar-refractivity contribution in [3.05, 3.63) is 48.0 Å². The third kappa shape index (κ3) is 3.27. The van der Waals surface area contributed by atoms with Gasteiger partial charge in [-0.25, -0.2) is 4.98 Å². The minimum atomic E-state index is 0.494. The summed E-state index contributed by atoms with van der Waals surface area (Å²) >= 11 is 1.63. The number of thiophene rings is 1. The van der Waals surface area contributed by atoms with Crippen molar-refractivity contribution in [3.63, 3.8) is 0 Å². The van der Waals surface area contributed by atoms with Crippen LogP contribution < -0.4 is 24.7 Å². The minimum Gasteiger partial charge on any atom is -0.497 e. The SMILES string of the molecule is COc1ccc(-c2csc3c(-c4cc(OC)c(OC)c(OC)c4)cnc(N)c23)cc1. The van der Waals surface area contributed by atoms with E-state index in [1.165, 1.54) is 0 Å². The van der Waals surface area contributed by atoms with Crippen LogP contribution in [-0.4, -0.2) is 33.4 Å². The largest absolute Gasteiger partial charge is 0.497 e. The van der Waals surface area contributed by atoms with Crippen molar-refractivity contribution in [2.75, 3.05) is 34.2 Å². The van der Waals surface area contributed by atoms with Crippen molar-refractivity contribution >= 4 is 27.2 Å². The third-order valence-corrected chi connectivity index (χ3v) is 6.01. The quantitative estimate of drug-likeness (QED) is 0.458. The van der Waals surface area contributed by atoms with Crippen LogP contribution in [0.4, 0.5) is 5.82 Å². The van der Waals surface area contributed by atoms with Crippen LogP contribution in [0.5, 0.6) is 23.0 Å². The first kappa shape index (κ1) is 19.8. The van der Waals surface area contributed by atoms with Gasteiger partial charge in [-0.05, 0) is 40.8 Å². The number of methoxy groups -OCH3 is 4. The zero-order valence-electron chi connectivity index (χ0n) is 17.2. The van der Waals surface area contributed by atoms with Gasteiger partial charge in [-0.15, -0.1) is 11.3 Å². The molecule has 4 aromatic rings. The summed E-state index contributed by atoms with van der Waals surface area (Å²) in [5.74, 6) is 3.02. The number of aromatic nitrogens is 1. The van der Waals surface area contributed by atoms with Gasteiger partial charge in [-0.3, -0.25) is 0 Å². The summed E-state index contributed by atoms with van der Waals surface area (Å²) in [6, 6.07) is 11.7. The maximum Gasteiger partial charge on any atom is 0.203 e. The lowest BCUT2D eigenvalue weighted by molar-refractivity contribution is 0.324. The van der Waals surface area contributed by atoms with Gasteiger partial charge in [0.2, 0.25) is 5.75 Å². The van der Waals surface area contributed by atoms with Gasteiger partial charge in [0.1, 0.15) is 11.6 Å². The van der Waals surface area contributed by atoms with E-state index in [0.717, 1.165) is 38.1 Å². The number of nitrogens with two attached hydrogens (primary N) is 1. The predicted octanol–water partition coefficient (Wildman–Crippen LogP) is 5.25. The van der Waals surface area contributed by atoms with Crippen LogP contribution in [0, 0.1) is 0 Å². The molecule has 2 aromatic carbocycles. The Morgan fingerprint density at radius 1 is 0.800 bits per heavy atom. The lowest BCUT2D eigenvalue weighted by atomic mass is 10.0. The summed E-state index contributed by atoms with van der Waals surface area (Å²) in [5, 5.41) is 3.03. The summed E-state index contributed by atoms with van der Waals surface area (Å²) in [6.45, 7) is 0. The van der Waals surface area contributed by atoms with Crippen LogP contribution in [0.25, 0.3) is 32.3 Å². The number of benzene rings is 2. The monoisotopic (exact) mass is 422 g/mol. The molecule has 154 valence electrons. The molecule has 7 heteroatoms. The fourth-order valence-electron chi connectivity index (χ4n) is 3.49. The molecule has 0 bridgehead atoms. The molecule has 0 aliphatic heterocycles. The van der Waals surface area contributed by atoms with E-state index in [2.05, 4.69) is 10.4 Å². The molecule has 2 heterocycles. The Labute approximate surface area is 178 Å². The van der Waals surface area contributed by atoms with Crippen molar-refractivity contribution in [1.29, 1.82) is 0 Å². The highest BCUT2D eigenvalue weighted by atomic mass is 32.1. The number of fused-ring (bicyclic) bond motifs is 1. The summed E-state index contributed by atoms with van der Waals surface area (Å²) in [7, 11) is 6.44. The number of nitrogens with zero attached hydrogens (tertiary/aromatic N) is 1. The Bertz CT molecular complexity index is 1180. The Morgan fingerprint density at radius 2 is 1.47 bits per heavy atom. The van der Waals surface area contributed by atoms with Crippen LogP contribution in [0.3, 0.4) is 0 Å². The molecule has 0 atom stereocenters. The van der Waals surface area contributed by atoms with E-state index in [1.54, 1.807) is 46.0 Å². The van der Waals surface area contributed by atoms with Gasteiger partial charge in [-0.1, -0.05) is 12.1 Å². The third-order valence-electron chi connectivity index (χ3n) is 5.00. The van der Waals surface area contributed by atoms with Gasteiger partial charge >= 0.3 is 0 Å². The first-order valence-electron chi connectivity index (χ1n) is 9.21. The Morgan fingerprint density at radius 3 is 2.03 bits per heavy atom. The first-order chi connectivity index (χ1) is 14.6. The lowest BCUT2D eigenvalue weighted by Gasteiger charge is -2.15. The molecule has 0 saturated carbocycles. The topological polar surface area (TPSA) is 75.8 Å². The molecule has 0 aliphatic rings. The minimum absolute atomic E-state index is 0.494. The second kappa shape index (κ2) is 8.12. The van der Waals surface area contributed by atoms with Crippen LogP contribution in [-0.2, 0) is 0 Å². The van der Waals surface area contributed by atoms with Crippen molar-refractivity contribution in [1.82, 2.24) is 4.98 Å². The smallest absolute Gasteiger partial charge is 0.203 e. The van der Waals surface area contributed by atoms with Gasteiger partial charge in [0.25, 0.3) is 0 Å². The molecular formula is C23H22N2O4S. The molecule has 0 aliphatic carbocycles. The van der Waals surface area contributed by atoms with E-state index >= 15 is 0 Å². The standard InChI is InChI=1S/C23H22N2O4S/c1-26-15-7-5-13(6-8-15)17-12-30-22-16(11-25-23(24)20(17)22)14-9-18(27-2)21(29-4)19(10-14)28-3/h5-12H,1-4H3,(H2,24,25). The molecule has 0 radical (unpaired) electrons. The highest BCUT2D eigenvalue weighted by Crippen LogP contribution is 2.46. The van der Waals surface area contributed by atoms with Gasteiger partial charge in [-0.2, -0.15) is 0 Å². The number of ether oxygens (including phenoxy) is 4. The normalized spacial score (nSPS) is 10.8. The van der Waals surface area contributed by atoms with Crippen molar-refractivity contribution in [3.8, 4) is 45.3 Å². The molecule has 4 rings (SSSR count). The van der Waals surface area contributed by atoms with Gasteiger partial charge in [0.15, 0.2) is 11.5 Å². The van der Waals surface area contributed by atoms with Crippen molar-refractivity contribution in [2.24, 2.45) is 0 Å². The fourth-order valence-corrected chi connectivity index (χ4v) is 4.61. The molecule has 0 saturated heterocycles. The number of nitrogen functional groups attached to an aromatic ring is 1. The van der Waals surface area contributed by atoms with Crippen LogP contribution in [0.15, 0.2) is 48.0 Å². The highest BCUT2D eigenvalue weighted by molar-refractivity contribution is 7.18. The van der Waals surface area contributed by atoms with Crippen LogP contribution in [0.1, 0.15) is 0 Å². The molecule has 0 amide bonds. The van der Waals surface area contributed by atoms with E-state index in [-0.39, 0.29) is 0 Å². The van der Waals surface area contributed by atoms with Crippen LogP contribution >= 0.6 is 11.3 Å². The number of hydrogen-bond donors (Lipinski definition) is 1. The Hall–Kier alpha value is -3.45. The molecule has 2 N–H and O–H groups in total. The molecule has 0 fully saturated rings. The predicted molar refractivity (Wildman–Crippen MR) is 121 cm³/mol. The maximum absolute atomic E-state index is 6.30. The van der Waals surface area contributed by atoms with Gasteiger partial charge < -0.3 is 24.7 Å². The van der Waals surface area contributed by atoms with E-state index in [1.807, 2.05) is 36.4 Å². The van der Waals surface area contributed by atoms with E-state index < -0.39 is 0 Å². The van der Waals surface area contributed by atoms with Gasteiger partial charge in [0.05, 0.1) is 28.4 Å². The van der Waals surface area contributed by atoms with E-state index in [9.17, 15) is 0 Å². The number of anilines is 1. The summed E-state index contributed by atoms with van der Waals surface area (Å²) < 4.78 is 22.8. The van der Waals surface area contributed by atoms with Crippen molar-refractivity contribution in [2.45, 2.75) is 0 Å². The molecule has 6 nitrogen and oxygen atoms in total. The van der Waals surface area contributed by atoms with Crippen LogP contribution in [0.2, 0.25) is 0 Å². The fraction of sp³-hybridized carbons (Fsp3) is 0.174. The molecule has 30 heavy (non-hydrogen) atoms. The van der Waals surface area contributed by atoms with E-state index in [0.29, 0.717) is 23.1 Å². The lowest BCUT2D eigenvalue weighted by Crippen LogP contribution is -1.97. The molecular weight excluding hydrogens is 400 g/mol. The zero-order valence-corrected chi connectivity index (χ0v) is 18.0. The summed E-state index contributed by atoms with van der Waals surface area (Å²) in [6.07, 6.45) is 1.78. The van der Waals surface area contributed by atoms with E-state index in [4.69, 9.17) is 24.7 Å². The number of rotatable bonds is 6. The summed E-state index contributed by atoms with van der Waals surface area (Å²) in [4.78, 5) is 4.48. The second-order valence-electron chi connectivity index (χ2n) is 6.55. The second-order valence-corrected chi connectivity index (χ2v) is 7.43. The zero-order chi connectivity index (χ0) is 21.3. The number of pyridine rings is 1. The van der Waals surface area contributed by atoms with Crippen molar-refractivity contribution < 1.29 is 18.9 Å². The highest BCUT2D eigenvalue weighted by Gasteiger charge is 2.19. The maximum atomic E-state index is 6.30. The molecule has 2 aromatic heterocycles. The Balaban J connectivity index is 1.92. The number of hydrogen-bond acceptors (Lipinski definition) is 7. The average molecular weight is 423 g/mol. The molecule has 0 unspecified atom stereocenters. The Kier molecular flexibility index (Phi) is 5.37. The average Bonchev–Trinajstić information content (AvgIpc) is 3.24.